The first kappa shape index (κ1) is 32.8. The molecule has 0 spiro atoms. The van der Waals surface area contributed by atoms with E-state index >= 15 is 0 Å². The summed E-state index contributed by atoms with van der Waals surface area (Å²) in [5.41, 5.74) is -1.35. The summed E-state index contributed by atoms with van der Waals surface area (Å²) in [4.78, 5) is 1.64. The van der Waals surface area contributed by atoms with Crippen LogP contribution >= 0.6 is 12.2 Å². The van der Waals surface area contributed by atoms with Crippen LogP contribution in [0.4, 0.5) is 18.9 Å². The minimum Gasteiger partial charge on any atom is -0.400 e. The molecule has 9 heteroatoms. The number of benzene rings is 1. The second-order valence-corrected chi connectivity index (χ2v) is 6.24. The Kier molecular flexibility index (Phi) is 17.3. The number of anilines is 1. The van der Waals surface area contributed by atoms with Crippen molar-refractivity contribution in [3.8, 4) is 6.07 Å². The SMILES string of the molecule is CC.CC.CC1N(c2ccc(C#N)c(C(F)(F)F)c2)C(=S)NC1(C)C.CCO.CO. The van der Waals surface area contributed by atoms with E-state index in [4.69, 9.17) is 27.7 Å². The van der Waals surface area contributed by atoms with Crippen LogP contribution in [0.15, 0.2) is 18.2 Å². The van der Waals surface area contributed by atoms with Crippen LogP contribution in [0.25, 0.3) is 0 Å². The van der Waals surface area contributed by atoms with Crippen LogP contribution in [-0.4, -0.2) is 40.6 Å². The zero-order chi connectivity index (χ0) is 24.7. The quantitative estimate of drug-likeness (QED) is 0.516. The van der Waals surface area contributed by atoms with Crippen LogP contribution in [-0.2, 0) is 6.18 Å². The van der Waals surface area contributed by atoms with E-state index in [1.807, 2.05) is 48.5 Å². The Morgan fingerprint density at radius 2 is 1.63 bits per heavy atom. The maximum Gasteiger partial charge on any atom is 0.417 e. The van der Waals surface area contributed by atoms with Crippen LogP contribution in [0.2, 0.25) is 0 Å². The van der Waals surface area contributed by atoms with Crippen LogP contribution in [0.3, 0.4) is 0 Å². The molecule has 1 heterocycles. The van der Waals surface area contributed by atoms with Gasteiger partial charge in [-0.25, -0.2) is 0 Å². The van der Waals surface area contributed by atoms with Crippen LogP contribution < -0.4 is 10.2 Å². The molecule has 0 amide bonds. The maximum atomic E-state index is 13.0. The molecule has 1 aromatic carbocycles. The van der Waals surface area contributed by atoms with Gasteiger partial charge >= 0.3 is 6.18 Å². The molecule has 1 fully saturated rings. The summed E-state index contributed by atoms with van der Waals surface area (Å²) in [7, 11) is 1.00. The lowest BCUT2D eigenvalue weighted by atomic mass is 9.97. The number of rotatable bonds is 1. The monoisotopic (exact) mass is 451 g/mol. The molecule has 0 saturated carbocycles. The summed E-state index contributed by atoms with van der Waals surface area (Å²) < 4.78 is 39.1. The molecule has 5 nitrogen and oxygen atoms in total. The Labute approximate surface area is 184 Å². The molecule has 0 bridgehead atoms. The van der Waals surface area contributed by atoms with E-state index in [0.29, 0.717) is 10.8 Å². The predicted molar refractivity (Wildman–Crippen MR) is 122 cm³/mol. The second kappa shape index (κ2) is 15.9. The third-order valence-corrected chi connectivity index (χ3v) is 4.09. The number of aliphatic hydroxyl groups is 2. The van der Waals surface area contributed by atoms with Crippen molar-refractivity contribution in [2.75, 3.05) is 18.6 Å². The first-order chi connectivity index (χ1) is 14.0. The topological polar surface area (TPSA) is 79.5 Å². The standard InChI is InChI=1S/C14H14F3N3S.C2H6O.2C2H6.CH4O/c1-8-13(2,3)19-12(21)20(8)10-5-4-9(7-18)11(6-10)14(15,16)17;1-2-3;3*1-2/h4-6,8H,1-3H3,(H,19,21);3H,2H2,1H3;2*1-2H3;2H,1H3. The van der Waals surface area contributed by atoms with Gasteiger partial charge in [0.05, 0.1) is 28.8 Å². The van der Waals surface area contributed by atoms with Crippen LogP contribution in [0.5, 0.6) is 0 Å². The first-order valence-electron chi connectivity index (χ1n) is 9.77. The third-order valence-electron chi connectivity index (χ3n) is 3.79. The molecule has 1 saturated heterocycles. The van der Waals surface area contributed by atoms with E-state index in [9.17, 15) is 13.2 Å². The number of nitrogens with zero attached hydrogens (tertiary/aromatic N) is 2. The molecular formula is C21H36F3N3O2S. The predicted octanol–water partition coefficient (Wildman–Crippen LogP) is 5.10. The molecule has 1 aliphatic heterocycles. The second-order valence-electron chi connectivity index (χ2n) is 5.85. The minimum atomic E-state index is -4.57. The van der Waals surface area contributed by atoms with Crippen molar-refractivity contribution in [1.82, 2.24) is 5.32 Å². The lowest BCUT2D eigenvalue weighted by Crippen LogP contribution is -2.42. The maximum absolute atomic E-state index is 13.0. The van der Waals surface area contributed by atoms with E-state index in [1.54, 1.807) is 17.9 Å². The number of nitrogens with one attached hydrogen (secondary N) is 1. The van der Waals surface area contributed by atoms with E-state index in [1.165, 1.54) is 12.1 Å². The van der Waals surface area contributed by atoms with Gasteiger partial charge in [0, 0.05) is 19.4 Å². The molecule has 0 aliphatic carbocycles. The molecule has 1 aliphatic rings. The Hall–Kier alpha value is -1.89. The third kappa shape index (κ3) is 9.28. The number of alkyl halides is 3. The lowest BCUT2D eigenvalue weighted by Gasteiger charge is -2.28. The zero-order valence-corrected chi connectivity index (χ0v) is 20.2. The number of nitriles is 1. The highest BCUT2D eigenvalue weighted by Gasteiger charge is 2.42. The highest BCUT2D eigenvalue weighted by atomic mass is 32.1. The van der Waals surface area contributed by atoms with E-state index < -0.39 is 17.3 Å². The highest BCUT2D eigenvalue weighted by Crippen LogP contribution is 2.36. The summed E-state index contributed by atoms with van der Waals surface area (Å²) in [6, 6.07) is 5.10. The van der Waals surface area contributed by atoms with E-state index in [2.05, 4.69) is 5.32 Å². The van der Waals surface area contributed by atoms with Gasteiger partial charge in [0.1, 0.15) is 0 Å². The van der Waals surface area contributed by atoms with Crippen molar-refractivity contribution in [2.24, 2.45) is 0 Å². The smallest absolute Gasteiger partial charge is 0.400 e. The highest BCUT2D eigenvalue weighted by molar-refractivity contribution is 7.80. The van der Waals surface area contributed by atoms with Crippen molar-refractivity contribution in [3.63, 3.8) is 0 Å². The fraction of sp³-hybridized carbons (Fsp3) is 0.619. The Morgan fingerprint density at radius 1 is 1.20 bits per heavy atom. The summed E-state index contributed by atoms with van der Waals surface area (Å²) >= 11 is 5.21. The number of thiocarbonyl (C=S) groups is 1. The lowest BCUT2D eigenvalue weighted by molar-refractivity contribution is -0.137. The number of hydrogen-bond acceptors (Lipinski definition) is 4. The molecule has 2 rings (SSSR count). The Morgan fingerprint density at radius 3 is 1.93 bits per heavy atom. The summed E-state index contributed by atoms with van der Waals surface area (Å²) in [6.45, 7) is 15.7. The molecule has 1 unspecified atom stereocenters. The van der Waals surface area contributed by atoms with Gasteiger partial charge in [0.25, 0.3) is 0 Å². The van der Waals surface area contributed by atoms with Crippen molar-refractivity contribution < 1.29 is 23.4 Å². The van der Waals surface area contributed by atoms with Crippen molar-refractivity contribution in [1.29, 1.82) is 5.26 Å². The van der Waals surface area contributed by atoms with Crippen molar-refractivity contribution >= 4 is 23.0 Å². The first-order valence-corrected chi connectivity index (χ1v) is 10.2. The van der Waals surface area contributed by atoms with Gasteiger partial charge in [0.15, 0.2) is 5.11 Å². The Balaban J connectivity index is -0.000000709. The average Bonchev–Trinajstić information content (AvgIpc) is 2.92. The van der Waals surface area contributed by atoms with Crippen molar-refractivity contribution in [2.45, 2.75) is 73.1 Å². The molecule has 3 N–H and O–H groups in total. The molecule has 30 heavy (non-hydrogen) atoms. The van der Waals surface area contributed by atoms with Gasteiger partial charge in [-0.1, -0.05) is 27.7 Å². The van der Waals surface area contributed by atoms with E-state index in [-0.39, 0.29) is 18.2 Å². The Bertz CT molecular complexity index is 660. The van der Waals surface area contributed by atoms with Gasteiger partial charge in [-0.2, -0.15) is 18.4 Å². The number of hydrogen-bond donors (Lipinski definition) is 3. The van der Waals surface area contributed by atoms with Crippen LogP contribution in [0, 0.1) is 11.3 Å². The fourth-order valence-electron chi connectivity index (χ4n) is 2.29. The van der Waals surface area contributed by atoms with Crippen LogP contribution in [0.1, 0.15) is 66.5 Å². The zero-order valence-electron chi connectivity index (χ0n) is 19.3. The molecule has 0 radical (unpaired) electrons. The molecule has 1 atom stereocenters. The minimum absolute atomic E-state index is 0.112. The average molecular weight is 452 g/mol. The van der Waals surface area contributed by atoms with E-state index in [0.717, 1.165) is 13.2 Å². The molecule has 0 aromatic heterocycles. The number of aliphatic hydroxyl groups excluding tert-OH is 2. The number of halogens is 3. The molecule has 1 aromatic rings. The summed E-state index contributed by atoms with van der Waals surface area (Å²) in [6.07, 6.45) is -4.57. The van der Waals surface area contributed by atoms with Gasteiger partial charge in [-0.05, 0) is 58.1 Å². The summed E-state index contributed by atoms with van der Waals surface area (Å²) in [5.74, 6) is 0. The largest absolute Gasteiger partial charge is 0.417 e. The fourth-order valence-corrected chi connectivity index (χ4v) is 2.82. The van der Waals surface area contributed by atoms with Gasteiger partial charge in [-0.15, -0.1) is 0 Å². The van der Waals surface area contributed by atoms with Crippen molar-refractivity contribution in [3.05, 3.63) is 29.3 Å². The molecule has 174 valence electrons. The van der Waals surface area contributed by atoms with Gasteiger partial charge < -0.3 is 20.4 Å². The van der Waals surface area contributed by atoms with Gasteiger partial charge in [-0.3, -0.25) is 0 Å². The normalized spacial score (nSPS) is 16.0. The summed E-state index contributed by atoms with van der Waals surface area (Å²) in [5, 5.41) is 26.9. The van der Waals surface area contributed by atoms with Gasteiger partial charge in [0.2, 0.25) is 0 Å². The molecular weight excluding hydrogens is 415 g/mol.